The normalized spacial score (nSPS) is 16.3. The monoisotopic (exact) mass is 263 g/mol. The number of morpholine rings is 1. The summed E-state index contributed by atoms with van der Waals surface area (Å²) in [4.78, 5) is 4.62. The van der Waals surface area contributed by atoms with Gasteiger partial charge in [0.05, 0.1) is 24.6 Å². The third kappa shape index (κ3) is 4.40. The molecular formula is C15H25N3O. The van der Waals surface area contributed by atoms with Gasteiger partial charge in [-0.15, -0.1) is 0 Å². The zero-order chi connectivity index (χ0) is 13.5. The molecule has 0 bridgehead atoms. The lowest BCUT2D eigenvalue weighted by Crippen LogP contribution is -2.37. The molecule has 1 aliphatic rings. The summed E-state index contributed by atoms with van der Waals surface area (Å²) >= 11 is 0. The molecule has 4 nitrogen and oxygen atoms in total. The van der Waals surface area contributed by atoms with E-state index in [-0.39, 0.29) is 0 Å². The predicted molar refractivity (Wildman–Crippen MR) is 81.1 cm³/mol. The zero-order valence-corrected chi connectivity index (χ0v) is 12.1. The Labute approximate surface area is 116 Å². The molecule has 0 spiro atoms. The highest BCUT2D eigenvalue weighted by molar-refractivity contribution is 5.69. The van der Waals surface area contributed by atoms with Crippen LogP contribution in [-0.4, -0.2) is 58.4 Å². The molecule has 1 heterocycles. The Morgan fingerprint density at radius 2 is 1.95 bits per heavy atom. The van der Waals surface area contributed by atoms with E-state index in [9.17, 15) is 0 Å². The van der Waals surface area contributed by atoms with Crippen molar-refractivity contribution in [1.29, 1.82) is 0 Å². The summed E-state index contributed by atoms with van der Waals surface area (Å²) in [5.41, 5.74) is 2.46. The molecule has 1 N–H and O–H groups in total. The SMILES string of the molecule is CN(C)c1ccccc1NCCCN1CCOCC1. The molecule has 1 aliphatic heterocycles. The smallest absolute Gasteiger partial charge is 0.0596 e. The van der Waals surface area contributed by atoms with Crippen LogP contribution in [0.25, 0.3) is 0 Å². The second-order valence-electron chi connectivity index (χ2n) is 5.15. The van der Waals surface area contributed by atoms with Gasteiger partial charge >= 0.3 is 0 Å². The first-order valence-corrected chi connectivity index (χ1v) is 7.07. The van der Waals surface area contributed by atoms with Crippen LogP contribution in [0, 0.1) is 0 Å². The Balaban J connectivity index is 1.73. The minimum atomic E-state index is 0.886. The van der Waals surface area contributed by atoms with E-state index in [1.807, 2.05) is 0 Å². The minimum absolute atomic E-state index is 0.886. The van der Waals surface area contributed by atoms with Crippen molar-refractivity contribution < 1.29 is 4.74 Å². The summed E-state index contributed by atoms with van der Waals surface area (Å²) in [6.45, 7) is 6.10. The predicted octanol–water partition coefficient (Wildman–Crippen LogP) is 1.89. The van der Waals surface area contributed by atoms with Gasteiger partial charge in [-0.25, -0.2) is 0 Å². The molecule has 0 aromatic heterocycles. The summed E-state index contributed by atoms with van der Waals surface area (Å²) < 4.78 is 5.35. The fourth-order valence-corrected chi connectivity index (χ4v) is 2.36. The number of benzene rings is 1. The molecule has 1 aromatic rings. The highest BCUT2D eigenvalue weighted by Crippen LogP contribution is 2.23. The fraction of sp³-hybridized carbons (Fsp3) is 0.600. The van der Waals surface area contributed by atoms with Gasteiger partial charge in [-0.2, -0.15) is 0 Å². The van der Waals surface area contributed by atoms with E-state index < -0.39 is 0 Å². The number of nitrogens with zero attached hydrogens (tertiary/aromatic N) is 2. The van der Waals surface area contributed by atoms with Gasteiger partial charge in [-0.05, 0) is 25.1 Å². The molecular weight excluding hydrogens is 238 g/mol. The Hall–Kier alpha value is -1.26. The topological polar surface area (TPSA) is 27.7 Å². The highest BCUT2D eigenvalue weighted by Gasteiger charge is 2.09. The zero-order valence-electron chi connectivity index (χ0n) is 12.1. The molecule has 4 heteroatoms. The maximum absolute atomic E-state index is 5.35. The van der Waals surface area contributed by atoms with Crippen molar-refractivity contribution in [3.63, 3.8) is 0 Å². The van der Waals surface area contributed by atoms with Gasteiger partial charge in [0, 0.05) is 33.7 Å². The van der Waals surface area contributed by atoms with Crippen LogP contribution in [0.5, 0.6) is 0 Å². The number of hydrogen-bond donors (Lipinski definition) is 1. The Kier molecular flexibility index (Phi) is 5.48. The third-order valence-electron chi connectivity index (χ3n) is 3.46. The summed E-state index contributed by atoms with van der Waals surface area (Å²) in [7, 11) is 4.16. The van der Waals surface area contributed by atoms with E-state index in [2.05, 4.69) is 53.5 Å². The quantitative estimate of drug-likeness (QED) is 0.793. The van der Waals surface area contributed by atoms with Crippen molar-refractivity contribution in [3.8, 4) is 0 Å². The van der Waals surface area contributed by atoms with Crippen molar-refractivity contribution in [2.24, 2.45) is 0 Å². The Morgan fingerprint density at radius 3 is 2.68 bits per heavy atom. The van der Waals surface area contributed by atoms with E-state index >= 15 is 0 Å². The van der Waals surface area contributed by atoms with Crippen LogP contribution in [0.2, 0.25) is 0 Å². The van der Waals surface area contributed by atoms with Crippen LogP contribution in [0.1, 0.15) is 6.42 Å². The molecule has 0 radical (unpaired) electrons. The third-order valence-corrected chi connectivity index (χ3v) is 3.46. The Morgan fingerprint density at radius 1 is 1.21 bits per heavy atom. The van der Waals surface area contributed by atoms with E-state index in [0.717, 1.165) is 39.4 Å². The lowest BCUT2D eigenvalue weighted by Gasteiger charge is -2.26. The Bertz CT molecular complexity index is 375. The first kappa shape index (κ1) is 14.2. The van der Waals surface area contributed by atoms with E-state index in [4.69, 9.17) is 4.74 Å². The molecule has 2 rings (SSSR count). The van der Waals surface area contributed by atoms with Crippen LogP contribution in [0.15, 0.2) is 24.3 Å². The van der Waals surface area contributed by atoms with E-state index in [0.29, 0.717) is 0 Å². The van der Waals surface area contributed by atoms with Gasteiger partial charge in [0.2, 0.25) is 0 Å². The van der Waals surface area contributed by atoms with Crippen molar-refractivity contribution in [3.05, 3.63) is 24.3 Å². The van der Waals surface area contributed by atoms with Crippen molar-refractivity contribution in [2.75, 3.05) is 63.7 Å². The van der Waals surface area contributed by atoms with Crippen molar-refractivity contribution in [2.45, 2.75) is 6.42 Å². The maximum atomic E-state index is 5.35. The molecule has 0 atom stereocenters. The first-order valence-electron chi connectivity index (χ1n) is 7.07. The van der Waals surface area contributed by atoms with Gasteiger partial charge < -0.3 is 15.0 Å². The average Bonchev–Trinajstić information content (AvgIpc) is 2.45. The van der Waals surface area contributed by atoms with E-state index in [1.165, 1.54) is 17.8 Å². The van der Waals surface area contributed by atoms with Crippen LogP contribution >= 0.6 is 0 Å². The molecule has 1 fully saturated rings. The summed E-state index contributed by atoms with van der Waals surface area (Å²) in [5.74, 6) is 0. The summed E-state index contributed by atoms with van der Waals surface area (Å²) in [5, 5.41) is 3.53. The number of hydrogen-bond acceptors (Lipinski definition) is 4. The van der Waals surface area contributed by atoms with Crippen LogP contribution in [-0.2, 0) is 4.74 Å². The highest BCUT2D eigenvalue weighted by atomic mass is 16.5. The first-order chi connectivity index (χ1) is 9.27. The van der Waals surface area contributed by atoms with Gasteiger partial charge in [-0.1, -0.05) is 12.1 Å². The minimum Gasteiger partial charge on any atom is -0.383 e. The van der Waals surface area contributed by atoms with Crippen LogP contribution in [0.4, 0.5) is 11.4 Å². The molecule has 1 saturated heterocycles. The van der Waals surface area contributed by atoms with Crippen LogP contribution < -0.4 is 10.2 Å². The van der Waals surface area contributed by atoms with Crippen molar-refractivity contribution in [1.82, 2.24) is 4.90 Å². The van der Waals surface area contributed by atoms with E-state index in [1.54, 1.807) is 0 Å². The number of rotatable bonds is 6. The standard InChI is InChI=1S/C15H25N3O/c1-17(2)15-7-4-3-6-14(15)16-8-5-9-18-10-12-19-13-11-18/h3-4,6-7,16H,5,8-13H2,1-2H3. The second-order valence-corrected chi connectivity index (χ2v) is 5.15. The van der Waals surface area contributed by atoms with Crippen molar-refractivity contribution >= 4 is 11.4 Å². The molecule has 19 heavy (non-hydrogen) atoms. The summed E-state index contributed by atoms with van der Waals surface area (Å²) in [6.07, 6.45) is 1.17. The largest absolute Gasteiger partial charge is 0.383 e. The van der Waals surface area contributed by atoms with Gasteiger partial charge in [0.15, 0.2) is 0 Å². The molecule has 1 aromatic carbocycles. The maximum Gasteiger partial charge on any atom is 0.0596 e. The summed E-state index contributed by atoms with van der Waals surface area (Å²) in [6, 6.07) is 8.44. The lowest BCUT2D eigenvalue weighted by molar-refractivity contribution is 0.0378. The number of ether oxygens (including phenoxy) is 1. The van der Waals surface area contributed by atoms with Gasteiger partial charge in [0.25, 0.3) is 0 Å². The number of anilines is 2. The van der Waals surface area contributed by atoms with Gasteiger partial charge in [-0.3, -0.25) is 4.90 Å². The molecule has 0 amide bonds. The molecule has 0 aliphatic carbocycles. The number of para-hydroxylation sites is 2. The average molecular weight is 263 g/mol. The second kappa shape index (κ2) is 7.36. The fourth-order valence-electron chi connectivity index (χ4n) is 2.36. The molecule has 0 saturated carbocycles. The molecule has 106 valence electrons. The lowest BCUT2D eigenvalue weighted by atomic mass is 10.2. The van der Waals surface area contributed by atoms with Gasteiger partial charge in [0.1, 0.15) is 0 Å². The molecule has 0 unspecified atom stereocenters. The van der Waals surface area contributed by atoms with Crippen LogP contribution in [0.3, 0.4) is 0 Å². The number of nitrogens with one attached hydrogen (secondary N) is 1.